The minimum absolute atomic E-state index is 0.0118. The highest BCUT2D eigenvalue weighted by atomic mass is 19.3. The van der Waals surface area contributed by atoms with Gasteiger partial charge in [-0.05, 0) is 35.4 Å². The Morgan fingerprint density at radius 2 is 1.88 bits per heavy atom. The lowest BCUT2D eigenvalue weighted by Crippen LogP contribution is -2.21. The summed E-state index contributed by atoms with van der Waals surface area (Å²) in [4.78, 5) is 0. The molecular weight excluding hydrogens is 319 g/mol. The van der Waals surface area contributed by atoms with Crippen molar-refractivity contribution in [2.75, 3.05) is 13.1 Å². The molecular formula is C18H18F3NO2. The van der Waals surface area contributed by atoms with Crippen LogP contribution in [0, 0.1) is 5.82 Å². The molecule has 0 radical (unpaired) electrons. The molecule has 0 saturated heterocycles. The van der Waals surface area contributed by atoms with Gasteiger partial charge in [0.05, 0.1) is 6.10 Å². The van der Waals surface area contributed by atoms with Crippen molar-refractivity contribution in [1.82, 2.24) is 5.32 Å². The molecule has 24 heavy (non-hydrogen) atoms. The fourth-order valence-corrected chi connectivity index (χ4v) is 2.09. The minimum atomic E-state index is -2.90. The van der Waals surface area contributed by atoms with Crippen molar-refractivity contribution in [3.05, 3.63) is 71.6 Å². The highest BCUT2D eigenvalue weighted by molar-refractivity contribution is 5.48. The van der Waals surface area contributed by atoms with Crippen molar-refractivity contribution in [3.8, 4) is 5.75 Å². The summed E-state index contributed by atoms with van der Waals surface area (Å²) in [5, 5.41) is 13.1. The first-order chi connectivity index (χ1) is 11.5. The number of benzene rings is 2. The maximum Gasteiger partial charge on any atom is 0.387 e. The Hall–Kier alpha value is -2.31. The number of ether oxygens (including phenoxy) is 1. The van der Waals surface area contributed by atoms with Crippen LogP contribution >= 0.6 is 0 Å². The van der Waals surface area contributed by atoms with Gasteiger partial charge in [0.25, 0.3) is 0 Å². The van der Waals surface area contributed by atoms with E-state index in [0.717, 1.165) is 5.56 Å². The van der Waals surface area contributed by atoms with E-state index < -0.39 is 12.7 Å². The molecule has 0 saturated carbocycles. The van der Waals surface area contributed by atoms with E-state index in [1.54, 1.807) is 24.3 Å². The fourth-order valence-electron chi connectivity index (χ4n) is 2.09. The zero-order valence-corrected chi connectivity index (χ0v) is 12.8. The van der Waals surface area contributed by atoms with E-state index in [1.807, 2.05) is 12.2 Å². The first-order valence-corrected chi connectivity index (χ1v) is 7.40. The predicted octanol–water partition coefficient (Wildman–Crippen LogP) is 3.76. The molecule has 0 amide bonds. The first-order valence-electron chi connectivity index (χ1n) is 7.40. The van der Waals surface area contributed by atoms with Gasteiger partial charge in [0, 0.05) is 13.1 Å². The van der Waals surface area contributed by atoms with Crippen LogP contribution in [0.25, 0.3) is 6.08 Å². The molecule has 2 rings (SSSR count). The van der Waals surface area contributed by atoms with Crippen molar-refractivity contribution in [2.24, 2.45) is 0 Å². The number of hydrogen-bond acceptors (Lipinski definition) is 3. The van der Waals surface area contributed by atoms with Gasteiger partial charge in [-0.2, -0.15) is 8.78 Å². The second-order valence-electron chi connectivity index (χ2n) is 5.08. The molecule has 0 fully saturated rings. The smallest absolute Gasteiger partial charge is 0.387 e. The van der Waals surface area contributed by atoms with E-state index in [-0.39, 0.29) is 18.1 Å². The van der Waals surface area contributed by atoms with Gasteiger partial charge in [-0.25, -0.2) is 4.39 Å². The van der Waals surface area contributed by atoms with Crippen LogP contribution in [0.2, 0.25) is 0 Å². The summed E-state index contributed by atoms with van der Waals surface area (Å²) in [7, 11) is 0. The average Bonchev–Trinajstić information content (AvgIpc) is 2.55. The molecule has 0 aliphatic heterocycles. The normalized spacial score (nSPS) is 12.7. The van der Waals surface area contributed by atoms with E-state index in [4.69, 9.17) is 0 Å². The van der Waals surface area contributed by atoms with Crippen molar-refractivity contribution in [3.63, 3.8) is 0 Å². The number of rotatable bonds is 8. The third-order valence-electron chi connectivity index (χ3n) is 3.25. The molecule has 2 N–H and O–H groups in total. The highest BCUT2D eigenvalue weighted by Gasteiger charge is 2.10. The van der Waals surface area contributed by atoms with Crippen molar-refractivity contribution in [2.45, 2.75) is 12.7 Å². The zero-order valence-electron chi connectivity index (χ0n) is 12.8. The summed E-state index contributed by atoms with van der Waals surface area (Å²) in [6.45, 7) is -2.14. The van der Waals surface area contributed by atoms with Crippen LogP contribution in [-0.2, 0) is 0 Å². The Morgan fingerprint density at radius 1 is 1.12 bits per heavy atom. The maximum absolute atomic E-state index is 12.8. The van der Waals surface area contributed by atoms with E-state index in [1.165, 1.54) is 24.3 Å². The monoisotopic (exact) mass is 337 g/mol. The minimum Gasteiger partial charge on any atom is -0.435 e. The number of nitrogens with one attached hydrogen (secondary N) is 1. The Balaban J connectivity index is 1.78. The fraction of sp³-hybridized carbons (Fsp3) is 0.222. The summed E-state index contributed by atoms with van der Waals surface area (Å²) in [6, 6.07) is 12.1. The summed E-state index contributed by atoms with van der Waals surface area (Å²) >= 11 is 0. The first kappa shape index (κ1) is 18.0. The summed E-state index contributed by atoms with van der Waals surface area (Å²) in [5.74, 6) is -0.274. The van der Waals surface area contributed by atoms with Gasteiger partial charge in [-0.15, -0.1) is 0 Å². The van der Waals surface area contributed by atoms with Crippen LogP contribution in [0.15, 0.2) is 54.6 Å². The molecule has 6 heteroatoms. The van der Waals surface area contributed by atoms with Crippen LogP contribution in [0.3, 0.4) is 0 Å². The van der Waals surface area contributed by atoms with E-state index in [9.17, 15) is 18.3 Å². The third kappa shape index (κ3) is 6.06. The summed E-state index contributed by atoms with van der Waals surface area (Å²) < 4.78 is 41.4. The van der Waals surface area contributed by atoms with Gasteiger partial charge >= 0.3 is 6.61 Å². The van der Waals surface area contributed by atoms with Gasteiger partial charge in [0.15, 0.2) is 0 Å². The Kier molecular flexibility index (Phi) is 6.84. The Bertz CT molecular complexity index is 660. The summed E-state index contributed by atoms with van der Waals surface area (Å²) in [5.41, 5.74) is 1.36. The lowest BCUT2D eigenvalue weighted by Gasteiger charge is -2.13. The Labute approximate surface area is 138 Å². The molecule has 0 spiro atoms. The second-order valence-corrected chi connectivity index (χ2v) is 5.08. The zero-order chi connectivity index (χ0) is 17.4. The lowest BCUT2D eigenvalue weighted by atomic mass is 10.1. The lowest BCUT2D eigenvalue weighted by molar-refractivity contribution is -0.0499. The van der Waals surface area contributed by atoms with Gasteiger partial charge in [0.1, 0.15) is 11.6 Å². The quantitative estimate of drug-likeness (QED) is 0.721. The highest BCUT2D eigenvalue weighted by Crippen LogP contribution is 2.20. The van der Waals surface area contributed by atoms with E-state index >= 15 is 0 Å². The maximum atomic E-state index is 12.8. The van der Waals surface area contributed by atoms with Crippen LogP contribution in [0.4, 0.5) is 13.2 Å². The van der Waals surface area contributed by atoms with Crippen LogP contribution in [0.1, 0.15) is 17.2 Å². The van der Waals surface area contributed by atoms with Crippen molar-refractivity contribution >= 4 is 6.08 Å². The molecule has 2 aromatic carbocycles. The van der Waals surface area contributed by atoms with Crippen LogP contribution in [-0.4, -0.2) is 24.8 Å². The SMILES string of the molecule is OC(CNC/C=C/c1ccc(F)cc1)c1cccc(OC(F)F)c1. The number of hydrogen-bond donors (Lipinski definition) is 2. The van der Waals surface area contributed by atoms with Gasteiger partial charge in [-0.1, -0.05) is 36.4 Å². The molecule has 128 valence electrons. The van der Waals surface area contributed by atoms with Crippen LogP contribution < -0.4 is 10.1 Å². The Morgan fingerprint density at radius 3 is 2.58 bits per heavy atom. The number of aliphatic hydroxyl groups excluding tert-OH is 1. The molecule has 0 heterocycles. The van der Waals surface area contributed by atoms with Gasteiger partial charge < -0.3 is 15.2 Å². The summed E-state index contributed by atoms with van der Waals surface area (Å²) in [6.07, 6.45) is 2.83. The molecule has 1 unspecified atom stereocenters. The molecule has 3 nitrogen and oxygen atoms in total. The third-order valence-corrected chi connectivity index (χ3v) is 3.25. The molecule has 2 aromatic rings. The molecule has 0 aliphatic rings. The molecule has 0 bridgehead atoms. The van der Waals surface area contributed by atoms with Gasteiger partial charge in [-0.3, -0.25) is 0 Å². The molecule has 0 aromatic heterocycles. The standard InChI is InChI=1S/C18H18F3NO2/c19-15-8-6-13(7-9-15)3-2-10-22-12-17(23)14-4-1-5-16(11-14)24-18(20)21/h1-9,11,17-18,22-23H,10,12H2/b3-2+. The van der Waals surface area contributed by atoms with Crippen molar-refractivity contribution < 1.29 is 23.0 Å². The number of aliphatic hydroxyl groups is 1. The van der Waals surface area contributed by atoms with Crippen LogP contribution in [0.5, 0.6) is 5.75 Å². The van der Waals surface area contributed by atoms with E-state index in [2.05, 4.69) is 10.1 Å². The van der Waals surface area contributed by atoms with Crippen molar-refractivity contribution in [1.29, 1.82) is 0 Å². The van der Waals surface area contributed by atoms with Gasteiger partial charge in [0.2, 0.25) is 0 Å². The topological polar surface area (TPSA) is 41.5 Å². The largest absolute Gasteiger partial charge is 0.435 e. The molecule has 0 aliphatic carbocycles. The average molecular weight is 337 g/mol. The number of alkyl halides is 2. The number of halogens is 3. The van der Waals surface area contributed by atoms with E-state index in [0.29, 0.717) is 12.1 Å². The second kappa shape index (κ2) is 9.10. The predicted molar refractivity (Wildman–Crippen MR) is 86.3 cm³/mol. The molecule has 1 atom stereocenters.